The Balaban J connectivity index is 1.48. The second-order valence-corrected chi connectivity index (χ2v) is 10.2. The monoisotopic (exact) mass is 527 g/mol. The van der Waals surface area contributed by atoms with E-state index in [2.05, 4.69) is 20.3 Å². The van der Waals surface area contributed by atoms with Crippen LogP contribution >= 0.6 is 0 Å². The van der Waals surface area contributed by atoms with Crippen LogP contribution in [0.25, 0.3) is 22.2 Å². The second kappa shape index (κ2) is 10.4. The number of carbonyl (C=O) groups excluding carboxylic acids is 1. The van der Waals surface area contributed by atoms with Gasteiger partial charge in [-0.3, -0.25) is 4.79 Å². The number of ether oxygens (including phenoxy) is 2. The summed E-state index contributed by atoms with van der Waals surface area (Å²) in [5.41, 5.74) is 3.56. The SMILES string of the molecule is COc1ccc2c(c1)cc(-c1ccccc1)n2Cc1cccc(C(=O)NS(=O)(=O)c2ccccc2OC)n1. The van der Waals surface area contributed by atoms with Crippen LogP contribution in [0.3, 0.4) is 0 Å². The minimum Gasteiger partial charge on any atom is -0.497 e. The van der Waals surface area contributed by atoms with Gasteiger partial charge >= 0.3 is 0 Å². The van der Waals surface area contributed by atoms with E-state index >= 15 is 0 Å². The van der Waals surface area contributed by atoms with Gasteiger partial charge in [0.15, 0.2) is 0 Å². The smallest absolute Gasteiger partial charge is 0.283 e. The zero-order valence-electron chi connectivity index (χ0n) is 20.8. The lowest BCUT2D eigenvalue weighted by Crippen LogP contribution is -2.31. The van der Waals surface area contributed by atoms with Crippen molar-refractivity contribution in [3.8, 4) is 22.8 Å². The van der Waals surface area contributed by atoms with E-state index in [4.69, 9.17) is 9.47 Å². The van der Waals surface area contributed by atoms with E-state index in [0.29, 0.717) is 12.2 Å². The molecule has 192 valence electrons. The van der Waals surface area contributed by atoms with Gasteiger partial charge in [0, 0.05) is 16.6 Å². The predicted molar refractivity (Wildman–Crippen MR) is 145 cm³/mol. The Kier molecular flexibility index (Phi) is 6.85. The van der Waals surface area contributed by atoms with Crippen LogP contribution in [-0.2, 0) is 16.6 Å². The number of nitrogens with zero attached hydrogens (tertiary/aromatic N) is 2. The first-order valence-corrected chi connectivity index (χ1v) is 13.3. The van der Waals surface area contributed by atoms with Crippen molar-refractivity contribution < 1.29 is 22.7 Å². The molecule has 0 unspecified atom stereocenters. The number of hydrogen-bond donors (Lipinski definition) is 1. The Hall–Kier alpha value is -4.63. The van der Waals surface area contributed by atoms with E-state index in [9.17, 15) is 13.2 Å². The van der Waals surface area contributed by atoms with E-state index in [0.717, 1.165) is 27.9 Å². The number of methoxy groups -OCH3 is 2. The van der Waals surface area contributed by atoms with Crippen molar-refractivity contribution in [1.82, 2.24) is 14.3 Å². The molecule has 0 aliphatic carbocycles. The first-order valence-electron chi connectivity index (χ1n) is 11.8. The third kappa shape index (κ3) is 4.96. The summed E-state index contributed by atoms with van der Waals surface area (Å²) in [7, 11) is -1.18. The molecule has 0 saturated heterocycles. The van der Waals surface area contributed by atoms with Crippen molar-refractivity contribution in [2.24, 2.45) is 0 Å². The largest absolute Gasteiger partial charge is 0.497 e. The van der Waals surface area contributed by atoms with Crippen molar-refractivity contribution in [3.05, 3.63) is 108 Å². The first kappa shape index (κ1) is 25.0. The highest BCUT2D eigenvalue weighted by atomic mass is 32.2. The molecule has 1 amide bonds. The summed E-state index contributed by atoms with van der Waals surface area (Å²) in [6.07, 6.45) is 0. The minimum absolute atomic E-state index is 0.0136. The van der Waals surface area contributed by atoms with E-state index in [1.807, 2.05) is 48.5 Å². The average molecular weight is 528 g/mol. The quantitative estimate of drug-likeness (QED) is 0.309. The van der Waals surface area contributed by atoms with Gasteiger partial charge in [-0.15, -0.1) is 0 Å². The van der Waals surface area contributed by atoms with Crippen LogP contribution < -0.4 is 14.2 Å². The molecule has 0 atom stereocenters. The van der Waals surface area contributed by atoms with Gasteiger partial charge in [0.25, 0.3) is 15.9 Å². The number of carbonyl (C=O) groups is 1. The Bertz CT molecular complexity index is 1730. The molecule has 3 aromatic carbocycles. The summed E-state index contributed by atoms with van der Waals surface area (Å²) in [5.74, 6) is 0.0597. The van der Waals surface area contributed by atoms with E-state index < -0.39 is 15.9 Å². The fraction of sp³-hybridized carbons (Fsp3) is 0.103. The van der Waals surface area contributed by atoms with Gasteiger partial charge in [-0.1, -0.05) is 48.5 Å². The third-order valence-electron chi connectivity index (χ3n) is 6.12. The van der Waals surface area contributed by atoms with Crippen LogP contribution in [0.1, 0.15) is 16.2 Å². The van der Waals surface area contributed by atoms with Gasteiger partial charge in [-0.05, 0) is 54.1 Å². The van der Waals surface area contributed by atoms with Gasteiger partial charge < -0.3 is 14.0 Å². The number of aromatic nitrogens is 2. The normalized spacial score (nSPS) is 11.3. The Morgan fingerprint density at radius 2 is 1.63 bits per heavy atom. The Labute approximate surface area is 220 Å². The number of amides is 1. The molecule has 5 rings (SSSR count). The van der Waals surface area contributed by atoms with Gasteiger partial charge in [0.05, 0.1) is 26.5 Å². The van der Waals surface area contributed by atoms with Crippen LogP contribution in [-0.4, -0.2) is 38.1 Å². The zero-order valence-corrected chi connectivity index (χ0v) is 21.6. The highest BCUT2D eigenvalue weighted by Crippen LogP contribution is 2.31. The molecule has 9 heteroatoms. The molecule has 0 bridgehead atoms. The number of nitrogens with one attached hydrogen (secondary N) is 1. The van der Waals surface area contributed by atoms with Crippen molar-refractivity contribution in [1.29, 1.82) is 0 Å². The molecule has 0 aliphatic rings. The number of pyridine rings is 1. The van der Waals surface area contributed by atoms with Crippen molar-refractivity contribution in [3.63, 3.8) is 0 Å². The van der Waals surface area contributed by atoms with Crippen LogP contribution in [0.4, 0.5) is 0 Å². The topological polar surface area (TPSA) is 99.5 Å². The van der Waals surface area contributed by atoms with Gasteiger partial charge in [0.2, 0.25) is 0 Å². The number of benzene rings is 3. The Morgan fingerprint density at radius 1 is 0.868 bits per heavy atom. The van der Waals surface area contributed by atoms with Crippen molar-refractivity contribution >= 4 is 26.8 Å². The minimum atomic E-state index is -4.17. The third-order valence-corrected chi connectivity index (χ3v) is 7.49. The number of para-hydroxylation sites is 1. The molecule has 2 aromatic heterocycles. The first-order chi connectivity index (χ1) is 18.4. The summed E-state index contributed by atoms with van der Waals surface area (Å²) in [6, 6.07) is 29.0. The number of fused-ring (bicyclic) bond motifs is 1. The summed E-state index contributed by atoms with van der Waals surface area (Å²) in [4.78, 5) is 17.3. The lowest BCUT2D eigenvalue weighted by atomic mass is 10.1. The predicted octanol–water partition coefficient (Wildman–Crippen LogP) is 4.89. The highest BCUT2D eigenvalue weighted by molar-refractivity contribution is 7.90. The van der Waals surface area contributed by atoms with E-state index in [-0.39, 0.29) is 16.3 Å². The summed E-state index contributed by atoms with van der Waals surface area (Å²) >= 11 is 0. The highest BCUT2D eigenvalue weighted by Gasteiger charge is 2.23. The molecule has 0 saturated carbocycles. The van der Waals surface area contributed by atoms with Crippen molar-refractivity contribution in [2.45, 2.75) is 11.4 Å². The fourth-order valence-electron chi connectivity index (χ4n) is 4.32. The fourth-order valence-corrected chi connectivity index (χ4v) is 5.45. The molecular formula is C29H25N3O5S. The van der Waals surface area contributed by atoms with Crippen LogP contribution in [0.2, 0.25) is 0 Å². The maximum absolute atomic E-state index is 12.9. The number of sulfonamides is 1. The van der Waals surface area contributed by atoms with E-state index in [1.165, 1.54) is 25.3 Å². The molecule has 8 nitrogen and oxygen atoms in total. The van der Waals surface area contributed by atoms with Crippen molar-refractivity contribution in [2.75, 3.05) is 14.2 Å². The summed E-state index contributed by atoms with van der Waals surface area (Å²) in [5, 5.41) is 1.00. The molecule has 38 heavy (non-hydrogen) atoms. The molecule has 0 aliphatic heterocycles. The molecule has 1 N–H and O–H groups in total. The van der Waals surface area contributed by atoms with Crippen LogP contribution in [0.15, 0.2) is 102 Å². The number of rotatable bonds is 8. The summed E-state index contributed by atoms with van der Waals surface area (Å²) < 4.78 is 40.5. The lowest BCUT2D eigenvalue weighted by Gasteiger charge is -2.13. The van der Waals surface area contributed by atoms with Gasteiger partial charge in [-0.2, -0.15) is 0 Å². The van der Waals surface area contributed by atoms with Crippen LogP contribution in [0.5, 0.6) is 11.5 Å². The van der Waals surface area contributed by atoms with Gasteiger partial charge in [0.1, 0.15) is 22.1 Å². The standard InChI is InChI=1S/C29H25N3O5S/c1-36-23-15-16-25-21(17-23)18-26(20-9-4-3-5-10-20)32(25)19-22-11-8-12-24(30-22)29(33)31-38(34,35)28-14-7-6-13-27(28)37-2/h3-18H,19H2,1-2H3,(H,31,33). The maximum Gasteiger partial charge on any atom is 0.283 e. The molecular weight excluding hydrogens is 502 g/mol. The molecule has 0 spiro atoms. The Morgan fingerprint density at radius 3 is 2.39 bits per heavy atom. The van der Waals surface area contributed by atoms with E-state index in [1.54, 1.807) is 31.4 Å². The summed E-state index contributed by atoms with van der Waals surface area (Å²) in [6.45, 7) is 0.362. The average Bonchev–Trinajstić information content (AvgIpc) is 3.30. The zero-order chi connectivity index (χ0) is 26.7. The number of hydrogen-bond acceptors (Lipinski definition) is 6. The molecule has 5 aromatic rings. The maximum atomic E-state index is 12.9. The van der Waals surface area contributed by atoms with Crippen LogP contribution in [0, 0.1) is 0 Å². The lowest BCUT2D eigenvalue weighted by molar-refractivity contribution is 0.0976. The molecule has 0 radical (unpaired) electrons. The molecule has 2 heterocycles. The molecule has 0 fully saturated rings. The second-order valence-electron chi connectivity index (χ2n) is 8.51. The van der Waals surface area contributed by atoms with Gasteiger partial charge in [-0.25, -0.2) is 18.1 Å².